The van der Waals surface area contributed by atoms with Gasteiger partial charge in [-0.1, -0.05) is 25.8 Å². The van der Waals surface area contributed by atoms with Crippen molar-refractivity contribution in [1.82, 2.24) is 0 Å². The molecule has 2 nitrogen and oxygen atoms in total. The van der Waals surface area contributed by atoms with Gasteiger partial charge in [-0.05, 0) is 61.3 Å². The Bertz CT molecular complexity index is 433. The summed E-state index contributed by atoms with van der Waals surface area (Å²) in [5, 5.41) is 0. The molecule has 0 radical (unpaired) electrons. The standard InChI is InChI=1S/C17H27NO/c1-11-5-7-14(8-6-11)17(18)15-9-13(3)16(19-4)10-12(15)2/h9-11,14,17H,5-8,18H2,1-4H3. The molecule has 2 rings (SSSR count). The molecule has 0 aliphatic heterocycles. The Morgan fingerprint density at radius 3 is 2.32 bits per heavy atom. The molecule has 2 heteroatoms. The second kappa shape index (κ2) is 5.96. The highest BCUT2D eigenvalue weighted by Gasteiger charge is 2.25. The van der Waals surface area contributed by atoms with E-state index in [-0.39, 0.29) is 6.04 Å². The number of hydrogen-bond donors (Lipinski definition) is 1. The average molecular weight is 261 g/mol. The van der Waals surface area contributed by atoms with E-state index < -0.39 is 0 Å². The van der Waals surface area contributed by atoms with E-state index in [1.807, 2.05) is 0 Å². The van der Waals surface area contributed by atoms with Gasteiger partial charge in [0.1, 0.15) is 5.75 Å². The minimum Gasteiger partial charge on any atom is -0.496 e. The maximum Gasteiger partial charge on any atom is 0.122 e. The molecule has 1 unspecified atom stereocenters. The molecule has 0 aromatic heterocycles. The number of rotatable bonds is 3. The summed E-state index contributed by atoms with van der Waals surface area (Å²) < 4.78 is 5.38. The summed E-state index contributed by atoms with van der Waals surface area (Å²) in [5.41, 5.74) is 10.3. The molecule has 0 saturated heterocycles. The molecule has 1 aliphatic carbocycles. The van der Waals surface area contributed by atoms with Crippen molar-refractivity contribution in [3.8, 4) is 5.75 Å². The van der Waals surface area contributed by atoms with Crippen LogP contribution in [0, 0.1) is 25.7 Å². The molecule has 0 spiro atoms. The minimum atomic E-state index is 0.178. The van der Waals surface area contributed by atoms with Crippen molar-refractivity contribution in [2.45, 2.75) is 52.5 Å². The maximum atomic E-state index is 6.54. The summed E-state index contributed by atoms with van der Waals surface area (Å²) in [5.74, 6) is 2.48. The third-order valence-corrected chi connectivity index (χ3v) is 4.71. The van der Waals surface area contributed by atoms with E-state index in [0.29, 0.717) is 5.92 Å². The molecule has 1 fully saturated rings. The summed E-state index contributed by atoms with van der Waals surface area (Å²) in [7, 11) is 1.73. The molecular weight excluding hydrogens is 234 g/mol. The Kier molecular flexibility index (Phi) is 4.51. The minimum absolute atomic E-state index is 0.178. The zero-order valence-corrected chi connectivity index (χ0v) is 12.7. The molecule has 19 heavy (non-hydrogen) atoms. The summed E-state index contributed by atoms with van der Waals surface area (Å²) in [4.78, 5) is 0. The molecule has 1 aliphatic rings. The van der Waals surface area contributed by atoms with Crippen molar-refractivity contribution >= 4 is 0 Å². The highest BCUT2D eigenvalue weighted by Crippen LogP contribution is 2.37. The molecule has 0 bridgehead atoms. The molecule has 2 N–H and O–H groups in total. The summed E-state index contributed by atoms with van der Waals surface area (Å²) in [6.45, 7) is 6.59. The third-order valence-electron chi connectivity index (χ3n) is 4.71. The lowest BCUT2D eigenvalue weighted by Gasteiger charge is -2.31. The van der Waals surface area contributed by atoms with Gasteiger partial charge in [0.2, 0.25) is 0 Å². The molecule has 1 aromatic carbocycles. The molecular formula is C17H27NO. The fourth-order valence-electron chi connectivity index (χ4n) is 3.29. The first kappa shape index (κ1) is 14.4. The van der Waals surface area contributed by atoms with Gasteiger partial charge in [-0.2, -0.15) is 0 Å². The zero-order valence-electron chi connectivity index (χ0n) is 12.7. The first-order valence-electron chi connectivity index (χ1n) is 7.43. The normalized spacial score (nSPS) is 25.1. The van der Waals surface area contributed by atoms with Gasteiger partial charge in [-0.25, -0.2) is 0 Å². The first-order valence-corrected chi connectivity index (χ1v) is 7.43. The van der Waals surface area contributed by atoms with E-state index in [1.165, 1.54) is 42.4 Å². The van der Waals surface area contributed by atoms with Crippen molar-refractivity contribution in [2.75, 3.05) is 7.11 Å². The third kappa shape index (κ3) is 3.11. The molecule has 0 heterocycles. The fraction of sp³-hybridized carbons (Fsp3) is 0.647. The number of nitrogens with two attached hydrogens (primary N) is 1. The fourth-order valence-corrected chi connectivity index (χ4v) is 3.29. The predicted molar refractivity (Wildman–Crippen MR) is 80.5 cm³/mol. The lowest BCUT2D eigenvalue weighted by molar-refractivity contribution is 0.255. The van der Waals surface area contributed by atoms with E-state index in [9.17, 15) is 0 Å². The predicted octanol–water partition coefficient (Wildman–Crippen LogP) is 4.14. The highest BCUT2D eigenvalue weighted by atomic mass is 16.5. The Morgan fingerprint density at radius 1 is 1.11 bits per heavy atom. The van der Waals surface area contributed by atoms with Crippen LogP contribution in [0.25, 0.3) is 0 Å². The zero-order chi connectivity index (χ0) is 14.0. The number of ether oxygens (including phenoxy) is 1. The van der Waals surface area contributed by atoms with Crippen LogP contribution in [0.5, 0.6) is 5.75 Å². The van der Waals surface area contributed by atoms with Crippen molar-refractivity contribution in [3.63, 3.8) is 0 Å². The Labute approximate surface area is 117 Å². The Balaban J connectivity index is 2.19. The van der Waals surface area contributed by atoms with Gasteiger partial charge < -0.3 is 10.5 Å². The smallest absolute Gasteiger partial charge is 0.122 e. The topological polar surface area (TPSA) is 35.2 Å². The van der Waals surface area contributed by atoms with E-state index in [2.05, 4.69) is 32.9 Å². The molecule has 1 atom stereocenters. The lowest BCUT2D eigenvalue weighted by atomic mass is 9.77. The van der Waals surface area contributed by atoms with Gasteiger partial charge in [0.25, 0.3) is 0 Å². The second-order valence-electron chi connectivity index (χ2n) is 6.22. The van der Waals surface area contributed by atoms with Gasteiger partial charge in [0.05, 0.1) is 7.11 Å². The number of benzene rings is 1. The van der Waals surface area contributed by atoms with Crippen molar-refractivity contribution < 1.29 is 4.74 Å². The lowest BCUT2D eigenvalue weighted by Crippen LogP contribution is -2.26. The molecule has 0 amide bonds. The Morgan fingerprint density at radius 2 is 1.74 bits per heavy atom. The monoisotopic (exact) mass is 261 g/mol. The van der Waals surface area contributed by atoms with E-state index in [1.54, 1.807) is 7.11 Å². The van der Waals surface area contributed by atoms with Crippen LogP contribution in [0.2, 0.25) is 0 Å². The maximum absolute atomic E-state index is 6.54. The van der Waals surface area contributed by atoms with E-state index >= 15 is 0 Å². The van der Waals surface area contributed by atoms with Gasteiger partial charge in [-0.3, -0.25) is 0 Å². The van der Waals surface area contributed by atoms with Crippen LogP contribution < -0.4 is 10.5 Å². The van der Waals surface area contributed by atoms with Crippen LogP contribution in [0.1, 0.15) is 55.3 Å². The van der Waals surface area contributed by atoms with Crippen LogP contribution in [-0.4, -0.2) is 7.11 Å². The molecule has 1 saturated carbocycles. The van der Waals surface area contributed by atoms with Gasteiger partial charge >= 0.3 is 0 Å². The number of aryl methyl sites for hydroxylation is 2. The van der Waals surface area contributed by atoms with Gasteiger partial charge in [0.15, 0.2) is 0 Å². The van der Waals surface area contributed by atoms with Crippen molar-refractivity contribution in [3.05, 3.63) is 28.8 Å². The molecule has 106 valence electrons. The summed E-state index contributed by atoms with van der Waals surface area (Å²) in [6.07, 6.45) is 5.19. The van der Waals surface area contributed by atoms with Crippen LogP contribution >= 0.6 is 0 Å². The number of hydrogen-bond acceptors (Lipinski definition) is 2. The highest BCUT2D eigenvalue weighted by molar-refractivity contribution is 5.43. The van der Waals surface area contributed by atoms with Crippen LogP contribution in [0.3, 0.4) is 0 Å². The van der Waals surface area contributed by atoms with E-state index in [0.717, 1.165) is 11.7 Å². The average Bonchev–Trinajstić information content (AvgIpc) is 2.41. The first-order chi connectivity index (χ1) is 9.02. The van der Waals surface area contributed by atoms with Crippen LogP contribution in [-0.2, 0) is 0 Å². The number of methoxy groups -OCH3 is 1. The van der Waals surface area contributed by atoms with Gasteiger partial charge in [0, 0.05) is 6.04 Å². The van der Waals surface area contributed by atoms with Crippen molar-refractivity contribution in [1.29, 1.82) is 0 Å². The van der Waals surface area contributed by atoms with Gasteiger partial charge in [-0.15, -0.1) is 0 Å². The second-order valence-corrected chi connectivity index (χ2v) is 6.22. The van der Waals surface area contributed by atoms with Crippen LogP contribution in [0.15, 0.2) is 12.1 Å². The largest absolute Gasteiger partial charge is 0.496 e. The molecule has 1 aromatic rings. The van der Waals surface area contributed by atoms with Crippen LogP contribution in [0.4, 0.5) is 0 Å². The summed E-state index contributed by atoms with van der Waals surface area (Å²) >= 11 is 0. The van der Waals surface area contributed by atoms with Crippen molar-refractivity contribution in [2.24, 2.45) is 17.6 Å². The quantitative estimate of drug-likeness (QED) is 0.887. The summed E-state index contributed by atoms with van der Waals surface area (Å²) in [6, 6.07) is 4.52. The SMILES string of the molecule is COc1cc(C)c(C(N)C2CCC(C)CC2)cc1C. The van der Waals surface area contributed by atoms with E-state index in [4.69, 9.17) is 10.5 Å². The Hall–Kier alpha value is -1.02.